The summed E-state index contributed by atoms with van der Waals surface area (Å²) < 4.78 is 28.8. The number of alkyl halides is 1. The fourth-order valence-electron chi connectivity index (χ4n) is 3.31. The van der Waals surface area contributed by atoms with Crippen molar-refractivity contribution in [3.8, 4) is 11.5 Å². The summed E-state index contributed by atoms with van der Waals surface area (Å²) in [6, 6.07) is 3.81. The van der Waals surface area contributed by atoms with E-state index in [4.69, 9.17) is 21.1 Å². The zero-order valence-corrected chi connectivity index (χ0v) is 21.0. The van der Waals surface area contributed by atoms with Crippen LogP contribution in [0.1, 0.15) is 82.3 Å². The maximum atomic E-state index is 12.7. The SMILES string of the molecule is CCCCCCCC[S+]([O-])Cc1cc(OC)c(CCl)cc1OCCCCCC(=O)OC. The molecular weight excluding hydrogens is 436 g/mol. The van der Waals surface area contributed by atoms with Crippen LogP contribution in [0.3, 0.4) is 0 Å². The van der Waals surface area contributed by atoms with E-state index in [9.17, 15) is 9.35 Å². The first kappa shape index (κ1) is 27.9. The fraction of sp³-hybridized carbons (Fsp3) is 0.708. The number of carbonyl (C=O) groups excluding carboxylic acids is 1. The molecule has 0 saturated carbocycles. The molecule has 0 saturated heterocycles. The van der Waals surface area contributed by atoms with Crippen molar-refractivity contribution in [2.75, 3.05) is 26.6 Å². The summed E-state index contributed by atoms with van der Waals surface area (Å²) in [7, 11) is 3.02. The maximum absolute atomic E-state index is 12.7. The van der Waals surface area contributed by atoms with E-state index in [-0.39, 0.29) is 5.97 Å². The highest BCUT2D eigenvalue weighted by Crippen LogP contribution is 2.32. The lowest BCUT2D eigenvalue weighted by Crippen LogP contribution is -2.12. The normalized spacial score (nSPS) is 11.9. The van der Waals surface area contributed by atoms with Crippen LogP contribution in [0, 0.1) is 0 Å². The zero-order chi connectivity index (χ0) is 22.9. The predicted octanol–water partition coefficient (Wildman–Crippen LogP) is 6.16. The summed E-state index contributed by atoms with van der Waals surface area (Å²) in [6.45, 7) is 2.74. The van der Waals surface area contributed by atoms with Crippen molar-refractivity contribution >= 4 is 28.7 Å². The molecule has 0 radical (unpaired) electrons. The fourth-order valence-corrected chi connectivity index (χ4v) is 4.76. The van der Waals surface area contributed by atoms with Crippen LogP contribution in [0.4, 0.5) is 0 Å². The Morgan fingerprint density at radius 3 is 2.32 bits per heavy atom. The Balaban J connectivity index is 2.60. The topological polar surface area (TPSA) is 67.8 Å². The second kappa shape index (κ2) is 17.4. The molecule has 0 bridgehead atoms. The molecule has 1 aromatic rings. The van der Waals surface area contributed by atoms with Gasteiger partial charge < -0.3 is 18.8 Å². The van der Waals surface area contributed by atoms with Crippen molar-refractivity contribution < 1.29 is 23.6 Å². The van der Waals surface area contributed by atoms with E-state index in [1.165, 1.54) is 32.8 Å². The third kappa shape index (κ3) is 11.9. The molecule has 178 valence electrons. The van der Waals surface area contributed by atoms with Gasteiger partial charge in [0.2, 0.25) is 0 Å². The van der Waals surface area contributed by atoms with E-state index in [1.807, 2.05) is 12.1 Å². The number of carbonyl (C=O) groups is 1. The van der Waals surface area contributed by atoms with Gasteiger partial charge in [-0.25, -0.2) is 0 Å². The van der Waals surface area contributed by atoms with Gasteiger partial charge in [-0.2, -0.15) is 0 Å². The highest BCUT2D eigenvalue weighted by atomic mass is 35.5. The number of hydrogen-bond donors (Lipinski definition) is 0. The molecule has 1 atom stereocenters. The molecule has 0 aliphatic rings. The molecule has 31 heavy (non-hydrogen) atoms. The van der Waals surface area contributed by atoms with Crippen molar-refractivity contribution in [3.05, 3.63) is 23.3 Å². The number of esters is 1. The predicted molar refractivity (Wildman–Crippen MR) is 129 cm³/mol. The number of benzene rings is 1. The van der Waals surface area contributed by atoms with E-state index < -0.39 is 11.2 Å². The van der Waals surface area contributed by atoms with Gasteiger partial charge in [0.15, 0.2) is 0 Å². The van der Waals surface area contributed by atoms with Crippen LogP contribution >= 0.6 is 11.6 Å². The van der Waals surface area contributed by atoms with Crippen molar-refractivity contribution in [3.63, 3.8) is 0 Å². The van der Waals surface area contributed by atoms with Crippen LogP contribution in [-0.2, 0) is 32.3 Å². The average molecular weight is 475 g/mol. The highest BCUT2D eigenvalue weighted by molar-refractivity contribution is 7.90. The smallest absolute Gasteiger partial charge is 0.305 e. The summed E-state index contributed by atoms with van der Waals surface area (Å²) in [5.41, 5.74) is 1.75. The van der Waals surface area contributed by atoms with Crippen LogP contribution < -0.4 is 9.47 Å². The Labute approximate surface area is 196 Å². The monoisotopic (exact) mass is 474 g/mol. The molecule has 5 nitrogen and oxygen atoms in total. The molecule has 0 N–H and O–H groups in total. The molecule has 7 heteroatoms. The van der Waals surface area contributed by atoms with Gasteiger partial charge in [0, 0.05) is 17.5 Å². The Morgan fingerprint density at radius 2 is 1.65 bits per heavy atom. The first-order chi connectivity index (χ1) is 15.0. The lowest BCUT2D eigenvalue weighted by molar-refractivity contribution is -0.140. The number of rotatable bonds is 18. The maximum Gasteiger partial charge on any atom is 0.305 e. The Morgan fingerprint density at radius 1 is 0.968 bits per heavy atom. The second-order valence-electron chi connectivity index (χ2n) is 7.70. The zero-order valence-electron chi connectivity index (χ0n) is 19.4. The summed E-state index contributed by atoms with van der Waals surface area (Å²) in [6.07, 6.45) is 10.0. The number of hydrogen-bond acceptors (Lipinski definition) is 5. The van der Waals surface area contributed by atoms with E-state index in [0.717, 1.165) is 49.0 Å². The molecular formula is C24H39ClO5S. The summed E-state index contributed by atoms with van der Waals surface area (Å²) in [5, 5.41) is 0. The minimum absolute atomic E-state index is 0.182. The number of methoxy groups -OCH3 is 2. The lowest BCUT2D eigenvalue weighted by atomic mass is 10.1. The van der Waals surface area contributed by atoms with Crippen LogP contribution in [0.2, 0.25) is 0 Å². The molecule has 0 fully saturated rings. The Hall–Kier alpha value is -1.11. The molecule has 1 aromatic carbocycles. The molecule has 1 rings (SSSR count). The molecule has 1 unspecified atom stereocenters. The van der Waals surface area contributed by atoms with Gasteiger partial charge in [-0.05, 0) is 55.4 Å². The first-order valence-corrected chi connectivity index (χ1v) is 13.4. The number of halogens is 1. The number of unbranched alkanes of at least 4 members (excludes halogenated alkanes) is 7. The van der Waals surface area contributed by atoms with Crippen molar-refractivity contribution in [2.45, 2.75) is 82.8 Å². The Bertz CT molecular complexity index is 626. The van der Waals surface area contributed by atoms with E-state index >= 15 is 0 Å². The van der Waals surface area contributed by atoms with Gasteiger partial charge in [-0.15, -0.1) is 11.6 Å². The molecule has 0 aliphatic carbocycles. The van der Waals surface area contributed by atoms with Gasteiger partial charge in [-0.3, -0.25) is 4.79 Å². The van der Waals surface area contributed by atoms with Crippen molar-refractivity contribution in [1.82, 2.24) is 0 Å². The van der Waals surface area contributed by atoms with Crippen molar-refractivity contribution in [1.29, 1.82) is 0 Å². The van der Waals surface area contributed by atoms with Crippen molar-refractivity contribution in [2.24, 2.45) is 0 Å². The average Bonchev–Trinajstić information content (AvgIpc) is 2.78. The molecule has 0 amide bonds. The summed E-state index contributed by atoms with van der Waals surface area (Å²) in [4.78, 5) is 11.2. The first-order valence-electron chi connectivity index (χ1n) is 11.4. The van der Waals surface area contributed by atoms with Gasteiger partial charge in [0.1, 0.15) is 23.0 Å². The van der Waals surface area contributed by atoms with Gasteiger partial charge in [0.25, 0.3) is 0 Å². The molecule has 0 aliphatic heterocycles. The third-order valence-electron chi connectivity index (χ3n) is 5.16. The molecule has 0 spiro atoms. The lowest BCUT2D eigenvalue weighted by Gasteiger charge is -2.17. The van der Waals surface area contributed by atoms with E-state index in [1.54, 1.807) is 7.11 Å². The van der Waals surface area contributed by atoms with Crippen LogP contribution in [-0.4, -0.2) is 37.1 Å². The minimum Gasteiger partial charge on any atom is -0.616 e. The molecule has 0 aromatic heterocycles. The Kier molecular flexibility index (Phi) is 15.7. The minimum atomic E-state index is -0.944. The van der Waals surface area contributed by atoms with Crippen LogP contribution in [0.5, 0.6) is 11.5 Å². The standard InChI is InChI=1S/C24H39ClO5S/c1-4-5-6-7-8-12-15-31(27)19-21-17-22(28-2)20(18-25)16-23(21)30-14-11-9-10-13-24(26)29-3/h16-17H,4-15,18-19H2,1-3H3. The van der Waals surface area contributed by atoms with Gasteiger partial charge >= 0.3 is 5.97 Å². The largest absolute Gasteiger partial charge is 0.616 e. The van der Waals surface area contributed by atoms with E-state index in [2.05, 4.69) is 11.7 Å². The third-order valence-corrected chi connectivity index (χ3v) is 6.82. The quantitative estimate of drug-likeness (QED) is 0.110. The number of ether oxygens (including phenoxy) is 3. The summed E-state index contributed by atoms with van der Waals surface area (Å²) in [5.74, 6) is 2.72. The van der Waals surface area contributed by atoms with Crippen LogP contribution in [0.25, 0.3) is 0 Å². The highest BCUT2D eigenvalue weighted by Gasteiger charge is 2.17. The second-order valence-corrected chi connectivity index (χ2v) is 9.54. The van der Waals surface area contributed by atoms with Gasteiger partial charge in [-0.1, -0.05) is 32.6 Å². The molecule has 0 heterocycles. The van der Waals surface area contributed by atoms with E-state index in [0.29, 0.717) is 36.2 Å². The summed E-state index contributed by atoms with van der Waals surface area (Å²) >= 11 is 5.12. The van der Waals surface area contributed by atoms with Gasteiger partial charge in [0.05, 0.1) is 26.7 Å². The van der Waals surface area contributed by atoms with Crippen LogP contribution in [0.15, 0.2) is 12.1 Å².